The van der Waals surface area contributed by atoms with Crippen LogP contribution in [0, 0.1) is 11.8 Å². The zero-order valence-corrected chi connectivity index (χ0v) is 16.4. The third kappa shape index (κ3) is 4.58. The molecular weight excluding hydrogens is 397 g/mol. The van der Waals surface area contributed by atoms with Gasteiger partial charge in [-0.2, -0.15) is 13.2 Å². The summed E-state index contributed by atoms with van der Waals surface area (Å²) in [4.78, 5) is 15.1. The van der Waals surface area contributed by atoms with E-state index >= 15 is 0 Å². The fourth-order valence-corrected chi connectivity index (χ4v) is 3.31. The van der Waals surface area contributed by atoms with Crippen molar-refractivity contribution in [3.63, 3.8) is 0 Å². The number of benzene rings is 2. The van der Waals surface area contributed by atoms with Crippen LogP contribution in [0.4, 0.5) is 18.9 Å². The molecule has 0 bridgehead atoms. The van der Waals surface area contributed by atoms with Crippen molar-refractivity contribution in [1.29, 1.82) is 0 Å². The first kappa shape index (κ1) is 21.7. The normalized spacial score (nSPS) is 18.7. The Kier molecular flexibility index (Phi) is 6.06. The molecule has 30 heavy (non-hydrogen) atoms. The molecule has 0 aromatic heterocycles. The van der Waals surface area contributed by atoms with Crippen LogP contribution in [-0.4, -0.2) is 60.4 Å². The van der Waals surface area contributed by atoms with E-state index in [-0.39, 0.29) is 18.7 Å². The van der Waals surface area contributed by atoms with E-state index in [0.29, 0.717) is 16.8 Å². The molecule has 158 valence electrons. The van der Waals surface area contributed by atoms with Crippen molar-refractivity contribution < 1.29 is 28.2 Å². The average molecular weight is 418 g/mol. The Morgan fingerprint density at radius 1 is 1.07 bits per heavy atom. The predicted molar refractivity (Wildman–Crippen MR) is 107 cm³/mol. The molecular formula is C22H21F3N2O3. The van der Waals surface area contributed by atoms with Gasteiger partial charge in [-0.05, 0) is 23.8 Å². The molecule has 0 unspecified atom stereocenters. The summed E-state index contributed by atoms with van der Waals surface area (Å²) >= 11 is 0. The van der Waals surface area contributed by atoms with Gasteiger partial charge in [0.15, 0.2) is 0 Å². The van der Waals surface area contributed by atoms with Crippen molar-refractivity contribution in [2.75, 3.05) is 32.1 Å². The lowest BCUT2D eigenvalue weighted by Crippen LogP contribution is -2.28. The highest BCUT2D eigenvalue weighted by Crippen LogP contribution is 2.40. The predicted octanol–water partition coefficient (Wildman–Crippen LogP) is 2.35. The molecule has 1 amide bonds. The maximum Gasteiger partial charge on any atom is 0.417 e. The van der Waals surface area contributed by atoms with Crippen LogP contribution in [0.2, 0.25) is 0 Å². The zero-order valence-electron chi connectivity index (χ0n) is 16.4. The summed E-state index contributed by atoms with van der Waals surface area (Å²) in [5.41, 5.74) is 0.715. The van der Waals surface area contributed by atoms with Crippen LogP contribution >= 0.6 is 0 Å². The van der Waals surface area contributed by atoms with E-state index in [1.807, 2.05) is 0 Å². The van der Waals surface area contributed by atoms with Crippen LogP contribution in [0.5, 0.6) is 0 Å². The van der Waals surface area contributed by atoms with Crippen molar-refractivity contribution in [2.24, 2.45) is 0 Å². The highest BCUT2D eigenvalue weighted by Gasteiger charge is 2.34. The molecule has 1 aliphatic rings. The third-order valence-electron chi connectivity index (χ3n) is 4.86. The standard InChI is InChI=1S/C22H21F3N2O3/c1-26(2)18-11-14(8-10-21(30)27-12-19(28)20(29)13-27)7-9-16(18)15-5-3-4-6-17(15)22(23,24)25/h3-7,9,11,19-20,28-29H,12-13H2,1-2H3/t19-,20+. The van der Waals surface area contributed by atoms with Gasteiger partial charge in [0, 0.05) is 36.8 Å². The number of aliphatic hydroxyl groups is 2. The number of aliphatic hydroxyl groups excluding tert-OH is 2. The van der Waals surface area contributed by atoms with E-state index in [2.05, 4.69) is 11.8 Å². The van der Waals surface area contributed by atoms with Crippen molar-refractivity contribution in [2.45, 2.75) is 18.4 Å². The molecule has 2 atom stereocenters. The first-order chi connectivity index (χ1) is 14.1. The van der Waals surface area contributed by atoms with E-state index in [9.17, 15) is 28.2 Å². The number of rotatable bonds is 2. The summed E-state index contributed by atoms with van der Waals surface area (Å²) in [7, 11) is 3.43. The Bertz CT molecular complexity index is 999. The second kappa shape index (κ2) is 8.38. The summed E-state index contributed by atoms with van der Waals surface area (Å²) in [5.74, 6) is 4.64. The Morgan fingerprint density at radius 3 is 2.30 bits per heavy atom. The molecule has 3 rings (SSSR count). The zero-order chi connectivity index (χ0) is 22.1. The number of amides is 1. The lowest BCUT2D eigenvalue weighted by atomic mass is 9.96. The van der Waals surface area contributed by atoms with Gasteiger partial charge in [0.2, 0.25) is 0 Å². The lowest BCUT2D eigenvalue weighted by Gasteiger charge is -2.20. The van der Waals surface area contributed by atoms with Crippen molar-refractivity contribution in [1.82, 2.24) is 4.90 Å². The molecule has 1 heterocycles. The minimum absolute atomic E-state index is 0.00475. The smallest absolute Gasteiger partial charge is 0.388 e. The van der Waals surface area contributed by atoms with Crippen molar-refractivity contribution >= 4 is 11.6 Å². The topological polar surface area (TPSA) is 64.0 Å². The quantitative estimate of drug-likeness (QED) is 0.735. The number of hydrogen-bond donors (Lipinski definition) is 2. The highest BCUT2D eigenvalue weighted by molar-refractivity contribution is 5.94. The van der Waals surface area contributed by atoms with Gasteiger partial charge >= 0.3 is 6.18 Å². The Morgan fingerprint density at radius 2 is 1.70 bits per heavy atom. The average Bonchev–Trinajstić information content (AvgIpc) is 3.04. The van der Waals surface area contributed by atoms with Gasteiger partial charge in [-0.3, -0.25) is 4.79 Å². The largest absolute Gasteiger partial charge is 0.417 e. The Hall–Kier alpha value is -3.02. The number of hydrogen-bond acceptors (Lipinski definition) is 4. The molecule has 2 N–H and O–H groups in total. The number of nitrogens with zero attached hydrogens (tertiary/aromatic N) is 2. The fourth-order valence-electron chi connectivity index (χ4n) is 3.31. The molecule has 0 spiro atoms. The van der Waals surface area contributed by atoms with Gasteiger partial charge in [-0.25, -0.2) is 0 Å². The highest BCUT2D eigenvalue weighted by atomic mass is 19.4. The molecule has 0 radical (unpaired) electrons. The molecule has 0 saturated carbocycles. The second-order valence-corrected chi connectivity index (χ2v) is 7.26. The van der Waals surface area contributed by atoms with Gasteiger partial charge < -0.3 is 20.0 Å². The SMILES string of the molecule is CN(C)c1cc(C#CC(=O)N2C[C@@H](O)[C@@H](O)C2)ccc1-c1ccccc1C(F)(F)F. The van der Waals surface area contributed by atoms with Crippen molar-refractivity contribution in [3.05, 3.63) is 53.6 Å². The minimum atomic E-state index is -4.49. The summed E-state index contributed by atoms with van der Waals surface area (Å²) in [6.07, 6.45) is -6.48. The number of carbonyl (C=O) groups is 1. The van der Waals surface area contributed by atoms with E-state index < -0.39 is 29.9 Å². The summed E-state index contributed by atoms with van der Waals surface area (Å²) in [5, 5.41) is 19.1. The molecule has 5 nitrogen and oxygen atoms in total. The van der Waals surface area contributed by atoms with Crippen LogP contribution in [0.3, 0.4) is 0 Å². The lowest BCUT2D eigenvalue weighted by molar-refractivity contribution is -0.137. The van der Waals surface area contributed by atoms with Crippen LogP contribution in [-0.2, 0) is 11.0 Å². The maximum atomic E-state index is 13.4. The molecule has 8 heteroatoms. The number of carbonyl (C=O) groups excluding carboxylic acids is 1. The fraction of sp³-hybridized carbons (Fsp3) is 0.318. The Balaban J connectivity index is 1.94. The number of likely N-dealkylation sites (tertiary alicyclic amines) is 1. The molecule has 2 aromatic rings. The molecule has 1 fully saturated rings. The first-order valence-electron chi connectivity index (χ1n) is 9.23. The monoisotopic (exact) mass is 418 g/mol. The van der Waals surface area contributed by atoms with Gasteiger partial charge in [0.1, 0.15) is 0 Å². The minimum Gasteiger partial charge on any atom is -0.388 e. The van der Waals surface area contributed by atoms with E-state index in [1.54, 1.807) is 43.3 Å². The van der Waals surface area contributed by atoms with Crippen LogP contribution in [0.15, 0.2) is 42.5 Å². The van der Waals surface area contributed by atoms with Gasteiger partial charge in [-0.15, -0.1) is 0 Å². The van der Waals surface area contributed by atoms with Gasteiger partial charge in [0.05, 0.1) is 30.9 Å². The summed E-state index contributed by atoms with van der Waals surface area (Å²) < 4.78 is 40.3. The van der Waals surface area contributed by atoms with E-state index in [0.717, 1.165) is 6.07 Å². The van der Waals surface area contributed by atoms with E-state index in [4.69, 9.17) is 0 Å². The Labute approximate surface area is 172 Å². The molecule has 1 saturated heterocycles. The molecule has 1 aliphatic heterocycles. The summed E-state index contributed by atoms with van der Waals surface area (Å²) in [6.45, 7) is 0.00951. The third-order valence-corrected chi connectivity index (χ3v) is 4.86. The summed E-state index contributed by atoms with van der Waals surface area (Å²) in [6, 6.07) is 10.1. The van der Waals surface area contributed by atoms with Gasteiger partial charge in [0.25, 0.3) is 5.91 Å². The number of halogens is 3. The van der Waals surface area contributed by atoms with Crippen molar-refractivity contribution in [3.8, 4) is 23.0 Å². The number of β-amino-alcohol motifs (C(OH)–C–C–N with tert-alkyl or cyclic N) is 2. The van der Waals surface area contributed by atoms with Gasteiger partial charge in [-0.1, -0.05) is 30.2 Å². The number of alkyl halides is 3. The second-order valence-electron chi connectivity index (χ2n) is 7.26. The van der Waals surface area contributed by atoms with Crippen LogP contribution in [0.25, 0.3) is 11.1 Å². The molecule has 2 aromatic carbocycles. The molecule has 0 aliphatic carbocycles. The number of anilines is 1. The maximum absolute atomic E-state index is 13.4. The first-order valence-corrected chi connectivity index (χ1v) is 9.23. The van der Waals surface area contributed by atoms with E-state index in [1.165, 1.54) is 17.0 Å². The van der Waals surface area contributed by atoms with Crippen LogP contribution < -0.4 is 4.90 Å². The van der Waals surface area contributed by atoms with Crippen LogP contribution in [0.1, 0.15) is 11.1 Å².